The van der Waals surface area contributed by atoms with Crippen LogP contribution in [0.2, 0.25) is 0 Å². The first-order valence-electron chi connectivity index (χ1n) is 10.1. The molecule has 1 aromatic heterocycles. The summed E-state index contributed by atoms with van der Waals surface area (Å²) in [4.78, 5) is 6.88. The minimum absolute atomic E-state index is 0.0636. The molecule has 4 rings (SSSR count). The summed E-state index contributed by atoms with van der Waals surface area (Å²) in [5.74, 6) is 0.889. The zero-order valence-electron chi connectivity index (χ0n) is 18.1. The van der Waals surface area contributed by atoms with Crippen molar-refractivity contribution in [3.8, 4) is 11.4 Å². The van der Waals surface area contributed by atoms with Crippen LogP contribution in [-0.2, 0) is 21.3 Å². The molecule has 0 N–H and O–H groups in total. The van der Waals surface area contributed by atoms with Gasteiger partial charge in [-0.2, -0.15) is 8.42 Å². The zero-order chi connectivity index (χ0) is 22.9. The van der Waals surface area contributed by atoms with Gasteiger partial charge in [-0.05, 0) is 61.5 Å². The number of nitrogens with zero attached hydrogens (tertiary/aromatic N) is 3. The van der Waals surface area contributed by atoms with Gasteiger partial charge in [-0.25, -0.2) is 4.98 Å². The molecule has 8 heteroatoms. The highest BCUT2D eigenvalue weighted by Crippen LogP contribution is 2.27. The van der Waals surface area contributed by atoms with Crippen molar-refractivity contribution >= 4 is 42.8 Å². The molecule has 0 aliphatic carbocycles. The van der Waals surface area contributed by atoms with Crippen molar-refractivity contribution in [2.45, 2.75) is 11.8 Å². The molecule has 0 unspecified atom stereocenters. The van der Waals surface area contributed by atoms with E-state index >= 15 is 0 Å². The molecule has 166 valence electrons. The van der Waals surface area contributed by atoms with E-state index in [1.54, 1.807) is 24.3 Å². The first-order chi connectivity index (χ1) is 15.2. The Kier molecular flexibility index (Phi) is 6.37. The molecule has 0 saturated carbocycles. The molecule has 32 heavy (non-hydrogen) atoms. The lowest BCUT2D eigenvalue weighted by atomic mass is 10.2. The van der Waals surface area contributed by atoms with Gasteiger partial charge in [-0.3, -0.25) is 4.18 Å². The van der Waals surface area contributed by atoms with Crippen LogP contribution in [0.15, 0.2) is 76.1 Å². The minimum Gasteiger partial charge on any atom is -0.372 e. The number of likely N-dealkylation sites (N-methyl/N-ethyl adjacent to an activating group) is 1. The number of aromatic nitrogens is 2. The summed E-state index contributed by atoms with van der Waals surface area (Å²) in [6, 6.07) is 20.7. The average Bonchev–Trinajstić information content (AvgIpc) is 3.10. The van der Waals surface area contributed by atoms with E-state index in [9.17, 15) is 8.42 Å². The number of anilines is 1. The molecule has 0 amide bonds. The van der Waals surface area contributed by atoms with Gasteiger partial charge < -0.3 is 9.47 Å². The number of rotatable bonds is 7. The van der Waals surface area contributed by atoms with E-state index in [1.165, 1.54) is 0 Å². The number of fused-ring (bicyclic) bond motifs is 1. The summed E-state index contributed by atoms with van der Waals surface area (Å²) in [6.45, 7) is 2.41. The summed E-state index contributed by atoms with van der Waals surface area (Å²) >= 11 is 3.51. The Bertz CT molecular complexity index is 1350. The van der Waals surface area contributed by atoms with Crippen LogP contribution in [0.4, 0.5) is 5.69 Å². The predicted octanol–water partition coefficient (Wildman–Crippen LogP) is 5.15. The van der Waals surface area contributed by atoms with Crippen molar-refractivity contribution in [1.29, 1.82) is 0 Å². The second-order valence-corrected chi connectivity index (χ2v) is 10.2. The van der Waals surface area contributed by atoms with E-state index in [-0.39, 0.29) is 11.5 Å². The molecule has 1 heterocycles. The third-order valence-electron chi connectivity index (χ3n) is 5.38. The van der Waals surface area contributed by atoms with Crippen molar-refractivity contribution in [3.05, 3.63) is 76.8 Å². The smallest absolute Gasteiger partial charge is 0.297 e. The van der Waals surface area contributed by atoms with Crippen molar-refractivity contribution in [2.24, 2.45) is 7.05 Å². The number of hydrogen-bond donors (Lipinski definition) is 0. The molecule has 6 nitrogen and oxygen atoms in total. The lowest BCUT2D eigenvalue weighted by molar-refractivity contribution is 0.325. The lowest BCUT2D eigenvalue weighted by Crippen LogP contribution is -2.24. The van der Waals surface area contributed by atoms with E-state index in [1.807, 2.05) is 62.3 Å². The molecule has 0 saturated heterocycles. The Morgan fingerprint density at radius 3 is 2.41 bits per heavy atom. The molecule has 0 atom stereocenters. The molecule has 0 radical (unpaired) electrons. The summed E-state index contributed by atoms with van der Waals surface area (Å²) < 4.78 is 33.0. The van der Waals surface area contributed by atoms with Gasteiger partial charge in [0.05, 0.1) is 22.5 Å². The lowest BCUT2D eigenvalue weighted by Gasteiger charge is -2.19. The van der Waals surface area contributed by atoms with Crippen LogP contribution in [0, 0.1) is 6.92 Å². The molecular weight excluding hydrogens is 490 g/mol. The van der Waals surface area contributed by atoms with Gasteiger partial charge in [-0.15, -0.1) is 0 Å². The molecule has 0 spiro atoms. The van der Waals surface area contributed by atoms with E-state index < -0.39 is 10.1 Å². The zero-order valence-corrected chi connectivity index (χ0v) is 20.5. The summed E-state index contributed by atoms with van der Waals surface area (Å²) in [5, 5.41) is 0. The van der Waals surface area contributed by atoms with Gasteiger partial charge in [0.15, 0.2) is 0 Å². The third kappa shape index (κ3) is 4.72. The highest BCUT2D eigenvalue weighted by atomic mass is 79.9. The van der Waals surface area contributed by atoms with Crippen molar-refractivity contribution in [3.63, 3.8) is 0 Å². The van der Waals surface area contributed by atoms with Crippen LogP contribution in [0.3, 0.4) is 0 Å². The van der Waals surface area contributed by atoms with Gasteiger partial charge in [-0.1, -0.05) is 33.6 Å². The molecule has 0 aliphatic rings. The van der Waals surface area contributed by atoms with Gasteiger partial charge in [0, 0.05) is 36.4 Å². The van der Waals surface area contributed by atoms with Crippen LogP contribution in [-0.4, -0.2) is 38.2 Å². The SMILES string of the molecule is Cc1ccc(S(=O)(=O)OCCN(C)c2ccc(-c3nc4ccc(Br)cc4n3C)cc2)cc1. The number of imidazole rings is 1. The van der Waals surface area contributed by atoms with Gasteiger partial charge >= 0.3 is 0 Å². The van der Waals surface area contributed by atoms with Gasteiger partial charge in [0.1, 0.15) is 5.82 Å². The highest BCUT2D eigenvalue weighted by molar-refractivity contribution is 9.10. The fraction of sp³-hybridized carbons (Fsp3) is 0.208. The summed E-state index contributed by atoms with van der Waals surface area (Å²) in [6.07, 6.45) is 0. The van der Waals surface area contributed by atoms with Crippen LogP contribution in [0.5, 0.6) is 0 Å². The average molecular weight is 514 g/mol. The maximum Gasteiger partial charge on any atom is 0.297 e. The normalized spacial score (nSPS) is 11.8. The third-order valence-corrected chi connectivity index (χ3v) is 7.20. The Balaban J connectivity index is 1.42. The Morgan fingerprint density at radius 1 is 1.03 bits per heavy atom. The molecule has 0 aliphatic heterocycles. The van der Waals surface area contributed by atoms with Crippen molar-refractivity contribution < 1.29 is 12.6 Å². The Hall–Kier alpha value is -2.68. The Morgan fingerprint density at radius 2 is 1.72 bits per heavy atom. The van der Waals surface area contributed by atoms with E-state index in [0.29, 0.717) is 6.54 Å². The molecule has 3 aromatic carbocycles. The van der Waals surface area contributed by atoms with Crippen molar-refractivity contribution in [1.82, 2.24) is 9.55 Å². The van der Waals surface area contributed by atoms with Gasteiger partial charge in [0.2, 0.25) is 0 Å². The first-order valence-corrected chi connectivity index (χ1v) is 12.3. The topological polar surface area (TPSA) is 64.4 Å². The molecule has 4 aromatic rings. The fourth-order valence-electron chi connectivity index (χ4n) is 3.47. The molecule has 0 fully saturated rings. The molecule has 0 bridgehead atoms. The number of halogens is 1. The van der Waals surface area contributed by atoms with Crippen LogP contribution >= 0.6 is 15.9 Å². The number of hydrogen-bond acceptors (Lipinski definition) is 5. The Labute approximate surface area is 196 Å². The van der Waals surface area contributed by atoms with Crippen molar-refractivity contribution in [2.75, 3.05) is 25.1 Å². The van der Waals surface area contributed by atoms with E-state index in [2.05, 4.69) is 26.6 Å². The van der Waals surface area contributed by atoms with Gasteiger partial charge in [0.25, 0.3) is 10.1 Å². The predicted molar refractivity (Wildman–Crippen MR) is 131 cm³/mol. The monoisotopic (exact) mass is 513 g/mol. The van der Waals surface area contributed by atoms with Crippen LogP contribution < -0.4 is 4.90 Å². The second-order valence-electron chi connectivity index (χ2n) is 7.69. The van der Waals surface area contributed by atoms with E-state index in [4.69, 9.17) is 9.17 Å². The van der Waals surface area contributed by atoms with Crippen LogP contribution in [0.25, 0.3) is 22.4 Å². The standard InChI is InChI=1S/C24H24BrN3O3S/c1-17-4-11-21(12-5-17)32(29,30)31-15-14-27(2)20-9-6-18(7-10-20)24-26-22-13-8-19(25)16-23(22)28(24)3/h4-13,16H,14-15H2,1-3H3. The quantitative estimate of drug-likeness (QED) is 0.319. The van der Waals surface area contributed by atoms with Crippen LogP contribution in [0.1, 0.15) is 5.56 Å². The number of benzene rings is 3. The first kappa shape index (κ1) is 22.5. The maximum atomic E-state index is 12.3. The second kappa shape index (κ2) is 9.05. The number of aryl methyl sites for hydroxylation is 2. The minimum atomic E-state index is -3.76. The highest BCUT2D eigenvalue weighted by Gasteiger charge is 2.15. The van der Waals surface area contributed by atoms with E-state index in [0.717, 1.165) is 38.1 Å². The maximum absolute atomic E-state index is 12.3. The summed E-state index contributed by atoms with van der Waals surface area (Å²) in [7, 11) is 0.150. The molecular formula is C24H24BrN3O3S. The summed E-state index contributed by atoms with van der Waals surface area (Å²) in [5.41, 5.74) is 4.97. The fourth-order valence-corrected chi connectivity index (χ4v) is 4.72. The largest absolute Gasteiger partial charge is 0.372 e.